The maximum Gasteiger partial charge on any atom is 0.220 e. The van der Waals surface area contributed by atoms with Crippen molar-refractivity contribution in [1.82, 2.24) is 20.1 Å². The van der Waals surface area contributed by atoms with Gasteiger partial charge in [0, 0.05) is 24.1 Å². The Hall–Kier alpha value is -2.99. The van der Waals surface area contributed by atoms with E-state index < -0.39 is 0 Å². The average Bonchev–Trinajstić information content (AvgIpc) is 3.30. The van der Waals surface area contributed by atoms with Crippen LogP contribution in [0.5, 0.6) is 0 Å². The highest BCUT2D eigenvalue weighted by Gasteiger charge is 2.16. The smallest absolute Gasteiger partial charge is 0.220 e. The summed E-state index contributed by atoms with van der Waals surface area (Å²) in [5, 5.41) is 8.58. The van der Waals surface area contributed by atoms with Crippen LogP contribution in [0.25, 0.3) is 15.9 Å². The fourth-order valence-corrected chi connectivity index (χ4v) is 4.28. The number of nitrogens with zero attached hydrogens (tertiary/aromatic N) is 3. The minimum Gasteiger partial charge on any atom is -0.349 e. The molecule has 1 atom stereocenters. The second kappa shape index (κ2) is 7.94. The quantitative estimate of drug-likeness (QED) is 0.523. The second-order valence-electron chi connectivity index (χ2n) is 6.80. The fraction of sp³-hybridized carbons (Fsp3) is 0.227. The lowest BCUT2D eigenvalue weighted by Gasteiger charge is -2.14. The minimum absolute atomic E-state index is 0.0265. The fourth-order valence-electron chi connectivity index (χ4n) is 3.32. The number of carbonyl (C=O) groups excluding carboxylic acids is 1. The molecule has 0 bridgehead atoms. The molecule has 0 saturated carbocycles. The molecule has 0 spiro atoms. The van der Waals surface area contributed by atoms with Gasteiger partial charge >= 0.3 is 0 Å². The Kier molecular flexibility index (Phi) is 5.21. The molecule has 142 valence electrons. The van der Waals surface area contributed by atoms with Gasteiger partial charge in [-0.1, -0.05) is 30.3 Å². The molecule has 0 aliphatic heterocycles. The van der Waals surface area contributed by atoms with E-state index in [0.29, 0.717) is 12.8 Å². The number of nitrogens with one attached hydrogen (secondary N) is 1. The van der Waals surface area contributed by atoms with Crippen molar-refractivity contribution in [2.45, 2.75) is 32.7 Å². The third-order valence-electron chi connectivity index (χ3n) is 4.80. The van der Waals surface area contributed by atoms with Crippen molar-refractivity contribution in [2.75, 3.05) is 0 Å². The summed E-state index contributed by atoms with van der Waals surface area (Å²) in [5.74, 6) is 0.0265. The lowest BCUT2D eigenvalue weighted by Crippen LogP contribution is -2.27. The van der Waals surface area contributed by atoms with Gasteiger partial charge in [-0.25, -0.2) is 9.67 Å². The highest BCUT2D eigenvalue weighted by Crippen LogP contribution is 2.23. The third kappa shape index (κ3) is 3.82. The SMILES string of the molecule is Cc1c([C@@H](C)NC(=O)CCc2nc3ccccc3s2)cnn1-c1ccccc1. The molecule has 0 aliphatic rings. The minimum atomic E-state index is -0.0969. The molecule has 4 aromatic rings. The summed E-state index contributed by atoms with van der Waals surface area (Å²) in [6.07, 6.45) is 2.91. The largest absolute Gasteiger partial charge is 0.349 e. The van der Waals surface area contributed by atoms with E-state index in [2.05, 4.69) is 21.5 Å². The Morgan fingerprint density at radius 2 is 1.89 bits per heavy atom. The van der Waals surface area contributed by atoms with Gasteiger partial charge in [-0.05, 0) is 38.1 Å². The Morgan fingerprint density at radius 1 is 1.14 bits per heavy atom. The lowest BCUT2D eigenvalue weighted by atomic mass is 10.1. The van der Waals surface area contributed by atoms with E-state index in [4.69, 9.17) is 0 Å². The molecule has 4 rings (SSSR count). The number of rotatable bonds is 6. The summed E-state index contributed by atoms with van der Waals surface area (Å²) >= 11 is 1.65. The maximum absolute atomic E-state index is 12.4. The monoisotopic (exact) mass is 390 g/mol. The topological polar surface area (TPSA) is 59.8 Å². The van der Waals surface area contributed by atoms with Gasteiger partial charge in [0.2, 0.25) is 5.91 Å². The first kappa shape index (κ1) is 18.4. The second-order valence-corrected chi connectivity index (χ2v) is 7.91. The molecule has 0 radical (unpaired) electrons. The summed E-state index contributed by atoms with van der Waals surface area (Å²) in [6.45, 7) is 4.02. The van der Waals surface area contributed by atoms with E-state index in [0.717, 1.165) is 32.2 Å². The van der Waals surface area contributed by atoms with Crippen LogP contribution in [0.4, 0.5) is 0 Å². The van der Waals surface area contributed by atoms with E-state index >= 15 is 0 Å². The number of para-hydroxylation sites is 2. The first-order valence-electron chi connectivity index (χ1n) is 9.35. The Bertz CT molecular complexity index is 1070. The Morgan fingerprint density at radius 3 is 2.68 bits per heavy atom. The van der Waals surface area contributed by atoms with Crippen molar-refractivity contribution in [1.29, 1.82) is 0 Å². The molecule has 1 N–H and O–H groups in total. The number of benzene rings is 2. The van der Waals surface area contributed by atoms with Crippen LogP contribution in [-0.2, 0) is 11.2 Å². The van der Waals surface area contributed by atoms with Gasteiger partial charge in [0.1, 0.15) is 0 Å². The highest BCUT2D eigenvalue weighted by molar-refractivity contribution is 7.18. The standard InChI is InChI=1S/C22H22N4OS/c1-15(18-14-23-26(16(18)2)17-8-4-3-5-9-17)24-21(27)12-13-22-25-19-10-6-7-11-20(19)28-22/h3-11,14-15H,12-13H2,1-2H3,(H,24,27)/t15-/m1/s1. The summed E-state index contributed by atoms with van der Waals surface area (Å²) < 4.78 is 3.06. The summed E-state index contributed by atoms with van der Waals surface area (Å²) in [7, 11) is 0. The normalized spacial score (nSPS) is 12.2. The van der Waals surface area contributed by atoms with Crippen LogP contribution >= 0.6 is 11.3 Å². The summed E-state index contributed by atoms with van der Waals surface area (Å²) in [4.78, 5) is 17.0. The van der Waals surface area contributed by atoms with Crippen molar-refractivity contribution in [2.24, 2.45) is 0 Å². The van der Waals surface area contributed by atoms with Crippen LogP contribution < -0.4 is 5.32 Å². The molecular weight excluding hydrogens is 368 g/mol. The molecule has 2 aromatic carbocycles. The van der Waals surface area contributed by atoms with Crippen molar-refractivity contribution in [3.8, 4) is 5.69 Å². The molecule has 2 aromatic heterocycles. The van der Waals surface area contributed by atoms with Gasteiger partial charge in [0.25, 0.3) is 0 Å². The van der Waals surface area contributed by atoms with Crippen molar-refractivity contribution in [3.63, 3.8) is 0 Å². The number of aromatic nitrogens is 3. The number of hydrogen-bond acceptors (Lipinski definition) is 4. The highest BCUT2D eigenvalue weighted by atomic mass is 32.1. The molecular formula is C22H22N4OS. The lowest BCUT2D eigenvalue weighted by molar-refractivity contribution is -0.121. The van der Waals surface area contributed by atoms with E-state index in [1.165, 1.54) is 0 Å². The van der Waals surface area contributed by atoms with Gasteiger partial charge in [-0.3, -0.25) is 4.79 Å². The predicted molar refractivity (Wildman–Crippen MR) is 113 cm³/mol. The van der Waals surface area contributed by atoms with Crippen molar-refractivity contribution >= 4 is 27.5 Å². The number of carbonyl (C=O) groups is 1. The number of fused-ring (bicyclic) bond motifs is 1. The molecule has 28 heavy (non-hydrogen) atoms. The molecule has 2 heterocycles. The first-order chi connectivity index (χ1) is 13.6. The molecule has 1 amide bonds. The first-order valence-corrected chi connectivity index (χ1v) is 10.2. The Balaban J connectivity index is 1.38. The van der Waals surface area contributed by atoms with Gasteiger partial charge in [-0.15, -0.1) is 11.3 Å². The molecule has 6 heteroatoms. The molecule has 0 fully saturated rings. The molecule has 0 unspecified atom stereocenters. The number of hydrogen-bond donors (Lipinski definition) is 1. The summed E-state index contributed by atoms with van der Waals surface area (Å²) in [5.41, 5.74) is 4.07. The zero-order valence-electron chi connectivity index (χ0n) is 15.9. The van der Waals surface area contributed by atoms with Crippen LogP contribution in [-0.4, -0.2) is 20.7 Å². The third-order valence-corrected chi connectivity index (χ3v) is 5.89. The zero-order chi connectivity index (χ0) is 19.5. The number of aryl methyl sites for hydroxylation is 1. The van der Waals surface area contributed by atoms with Gasteiger partial charge in [-0.2, -0.15) is 5.10 Å². The Labute approximate surface area is 168 Å². The zero-order valence-corrected chi connectivity index (χ0v) is 16.7. The van der Waals surface area contributed by atoms with Crippen molar-refractivity contribution in [3.05, 3.63) is 77.1 Å². The molecule has 0 aliphatic carbocycles. The van der Waals surface area contributed by atoms with E-state index in [1.54, 1.807) is 11.3 Å². The van der Waals surface area contributed by atoms with Crippen LogP contribution in [0.15, 0.2) is 60.8 Å². The molecule has 5 nitrogen and oxygen atoms in total. The number of thiazole rings is 1. The summed E-state index contributed by atoms with van der Waals surface area (Å²) in [6, 6.07) is 18.0. The van der Waals surface area contributed by atoms with Crippen LogP contribution in [0, 0.1) is 6.92 Å². The van der Waals surface area contributed by atoms with Gasteiger partial charge < -0.3 is 5.32 Å². The van der Waals surface area contributed by atoms with E-state index in [1.807, 2.05) is 73.3 Å². The van der Waals surface area contributed by atoms with E-state index in [-0.39, 0.29) is 11.9 Å². The number of amides is 1. The molecule has 0 saturated heterocycles. The van der Waals surface area contributed by atoms with E-state index in [9.17, 15) is 4.79 Å². The van der Waals surface area contributed by atoms with Crippen molar-refractivity contribution < 1.29 is 4.79 Å². The predicted octanol–water partition coefficient (Wildman–Crippen LogP) is 4.60. The average molecular weight is 391 g/mol. The van der Waals surface area contributed by atoms with Crippen LogP contribution in [0.1, 0.15) is 35.7 Å². The van der Waals surface area contributed by atoms with Gasteiger partial charge in [0.15, 0.2) is 0 Å². The van der Waals surface area contributed by atoms with Crippen LogP contribution in [0.3, 0.4) is 0 Å². The van der Waals surface area contributed by atoms with Gasteiger partial charge in [0.05, 0.1) is 33.2 Å². The maximum atomic E-state index is 12.4. The van der Waals surface area contributed by atoms with Crippen LogP contribution in [0.2, 0.25) is 0 Å².